The number of nitrogens with two attached hydrogens (primary N) is 2. The van der Waals surface area contributed by atoms with Gasteiger partial charge in [-0.15, -0.1) is 12.6 Å². The second-order valence-electron chi connectivity index (χ2n) is 22.2. The molecule has 0 radical (unpaired) electrons. The highest BCUT2D eigenvalue weighted by Crippen LogP contribution is 2.44. The predicted octanol–water partition coefficient (Wildman–Crippen LogP) is 23.2. The van der Waals surface area contributed by atoms with Gasteiger partial charge in [-0.3, -0.25) is 4.79 Å². The first-order chi connectivity index (χ1) is 38.6. The first-order valence-corrected chi connectivity index (χ1v) is 33.6. The van der Waals surface area contributed by atoms with Gasteiger partial charge in [-0.25, -0.2) is 4.79 Å². The van der Waals surface area contributed by atoms with Crippen LogP contribution in [0.2, 0.25) is 0 Å². The number of carbonyl (C=O) groups excluding carboxylic acids is 2. The van der Waals surface area contributed by atoms with Gasteiger partial charge in [0.2, 0.25) is 0 Å². The molecule has 0 bridgehead atoms. The Balaban J connectivity index is -0.00000127. The van der Waals surface area contributed by atoms with Gasteiger partial charge in [0.05, 0.1) is 23.5 Å². The van der Waals surface area contributed by atoms with Crippen molar-refractivity contribution in [2.75, 3.05) is 18.1 Å². The van der Waals surface area contributed by atoms with Crippen LogP contribution in [-0.2, 0) is 9.53 Å². The predicted molar refractivity (Wildman–Crippen MR) is 368 cm³/mol. The standard InChI is InChI=1S/C37H56BrNO2.C19H30N2O2S.C6H12.C4H10.3C2H6/c1-9-14-16-18-24-41-35-26-34(28(7)25-31(35)30(20-11-3)21-17-15-10-2)39(29(8)13-5)33-23-19-22-32(38)36(33)37(40)27(6)12-4;1-12(10-11-20)13(2)17(24)15-8-6-14(7-9-15)16(21)18(22)23-19(3,4)5;1-6-4-2-3-5-6;1-3-4-2;3*1-2/h19,22-23,25-27,30H,8-18,20-21,24H2,1-7H3;6-9,12,16,24H,10-11,20-21H2,1-5H3;6H,2-5H2,1H3;3-4H2,1-2H3;3*1-2H3/b;17-13-;;;;;. The average molecular weight is 1210 g/mol. The van der Waals surface area contributed by atoms with Crippen LogP contribution in [0.25, 0.3) is 4.91 Å². The van der Waals surface area contributed by atoms with Crippen LogP contribution in [0.15, 0.2) is 76.9 Å². The molecule has 466 valence electrons. The van der Waals surface area contributed by atoms with Gasteiger partial charge in [-0.05, 0) is 148 Å². The molecule has 7 nitrogen and oxygen atoms in total. The molecule has 1 saturated carbocycles. The molecule has 0 aliphatic heterocycles. The highest BCUT2D eigenvalue weighted by atomic mass is 79.9. The Morgan fingerprint density at radius 3 is 1.80 bits per heavy atom. The fourth-order valence-corrected chi connectivity index (χ4v) is 9.87. The summed E-state index contributed by atoms with van der Waals surface area (Å²) in [6, 6.07) is 17.4. The maximum atomic E-state index is 13.7. The van der Waals surface area contributed by atoms with Gasteiger partial charge in [0.15, 0.2) is 5.78 Å². The molecule has 4 atom stereocenters. The zero-order chi connectivity index (χ0) is 62.7. The van der Waals surface area contributed by atoms with Crippen molar-refractivity contribution in [1.29, 1.82) is 0 Å². The number of Topliss-reactive ketones (excluding diaryl/α,β-unsaturated/α-hetero) is 1. The normalized spacial score (nSPS) is 13.5. The number of allylic oxidation sites excluding steroid dienone is 2. The third-order valence-electron chi connectivity index (χ3n) is 14.4. The van der Waals surface area contributed by atoms with E-state index in [0.717, 1.165) is 93.5 Å². The molecule has 4 rings (SSSR count). The highest BCUT2D eigenvalue weighted by molar-refractivity contribution is 9.10. The van der Waals surface area contributed by atoms with Crippen LogP contribution >= 0.6 is 28.6 Å². The highest BCUT2D eigenvalue weighted by Gasteiger charge is 2.28. The number of nitrogens with zero attached hydrogens (tertiary/aromatic N) is 1. The number of ketones is 1. The quantitative estimate of drug-likeness (QED) is 0.0302. The summed E-state index contributed by atoms with van der Waals surface area (Å²) in [6.45, 7) is 49.5. The number of esters is 1. The Labute approximate surface area is 515 Å². The van der Waals surface area contributed by atoms with E-state index >= 15 is 0 Å². The first kappa shape index (κ1) is 81.8. The van der Waals surface area contributed by atoms with E-state index in [9.17, 15) is 9.59 Å². The molecule has 0 aromatic heterocycles. The van der Waals surface area contributed by atoms with Crippen molar-refractivity contribution in [2.24, 2.45) is 29.2 Å². The lowest BCUT2D eigenvalue weighted by molar-refractivity contribution is -0.156. The maximum Gasteiger partial charge on any atom is 0.328 e. The number of rotatable bonds is 27. The number of hydrogen-bond donors (Lipinski definition) is 3. The summed E-state index contributed by atoms with van der Waals surface area (Å²) in [5.74, 6) is 2.58. The van der Waals surface area contributed by atoms with E-state index in [2.05, 4.69) is 134 Å². The fraction of sp³-hybridized carbons (Fsp3) is 0.667. The summed E-state index contributed by atoms with van der Waals surface area (Å²) in [4.78, 5) is 28.9. The number of unbranched alkanes of at least 4 members (excludes halogenated alkanes) is 6. The van der Waals surface area contributed by atoms with Crippen LogP contribution in [-0.4, -0.2) is 30.5 Å². The lowest BCUT2D eigenvalue weighted by Crippen LogP contribution is -2.31. The fourth-order valence-electron chi connectivity index (χ4n) is 8.95. The zero-order valence-corrected chi connectivity index (χ0v) is 58.7. The van der Waals surface area contributed by atoms with Crippen LogP contribution in [0.4, 0.5) is 11.4 Å². The van der Waals surface area contributed by atoms with E-state index in [4.69, 9.17) is 20.9 Å². The Morgan fingerprint density at radius 1 is 0.765 bits per heavy atom. The van der Waals surface area contributed by atoms with Crippen LogP contribution in [0.5, 0.6) is 5.75 Å². The first-order valence-electron chi connectivity index (χ1n) is 32.4. The van der Waals surface area contributed by atoms with Crippen molar-refractivity contribution in [2.45, 2.75) is 285 Å². The Bertz CT molecular complexity index is 2120. The molecule has 4 unspecified atom stereocenters. The number of anilines is 2. The number of ether oxygens (including phenoxy) is 2. The van der Waals surface area contributed by atoms with Crippen LogP contribution < -0.4 is 21.1 Å². The molecule has 1 aliphatic carbocycles. The summed E-state index contributed by atoms with van der Waals surface area (Å²) in [5, 5.41) is 0. The third-order valence-corrected chi connectivity index (χ3v) is 15.7. The number of benzene rings is 3. The van der Waals surface area contributed by atoms with Crippen molar-refractivity contribution >= 4 is 56.6 Å². The molecule has 81 heavy (non-hydrogen) atoms. The molecular formula is C72H126BrN3O4S. The van der Waals surface area contributed by atoms with Gasteiger partial charge in [-0.2, -0.15) is 0 Å². The van der Waals surface area contributed by atoms with Crippen molar-refractivity contribution in [3.8, 4) is 5.75 Å². The maximum absolute atomic E-state index is 13.7. The number of halogens is 1. The molecule has 0 heterocycles. The molecule has 4 N–H and O–H groups in total. The number of thiol groups is 1. The second-order valence-corrected chi connectivity index (χ2v) is 23.5. The number of hydrogen-bond acceptors (Lipinski definition) is 8. The van der Waals surface area contributed by atoms with E-state index in [0.29, 0.717) is 18.4 Å². The summed E-state index contributed by atoms with van der Waals surface area (Å²) in [5.41, 5.74) is 20.1. The largest absolute Gasteiger partial charge is 0.493 e. The number of aryl methyl sites for hydroxylation is 1. The van der Waals surface area contributed by atoms with E-state index < -0.39 is 17.6 Å². The average Bonchev–Trinajstić information content (AvgIpc) is 3.96. The van der Waals surface area contributed by atoms with Gasteiger partial charge >= 0.3 is 5.97 Å². The van der Waals surface area contributed by atoms with Crippen molar-refractivity contribution in [3.63, 3.8) is 0 Å². The Morgan fingerprint density at radius 2 is 1.33 bits per heavy atom. The molecular weight excluding hydrogens is 1080 g/mol. The van der Waals surface area contributed by atoms with E-state index in [1.807, 2.05) is 106 Å². The molecule has 0 amide bonds. The summed E-state index contributed by atoms with van der Waals surface area (Å²) in [7, 11) is 0. The van der Waals surface area contributed by atoms with E-state index in [1.54, 1.807) is 0 Å². The SMILES string of the molecule is C/C(=C(/S)c1ccc(C(N)C(=O)OC(C)(C)C)cc1)C(C)CCN.C=C(CC)N(c1cc(OCCCCCC)c(C(CCC)CCCCC)cc1C)c1cccc(Br)c1C(=O)C(C)CC.CC.CC.CC.CC1CCCC1.CCCC. The molecule has 0 saturated heterocycles. The van der Waals surface area contributed by atoms with Gasteiger partial charge in [0, 0.05) is 27.1 Å². The van der Waals surface area contributed by atoms with Crippen LogP contribution in [0.3, 0.4) is 0 Å². The van der Waals surface area contributed by atoms with Gasteiger partial charge in [0.1, 0.15) is 17.4 Å². The van der Waals surface area contributed by atoms with Crippen LogP contribution in [0, 0.1) is 24.7 Å². The Kier molecular flexibility index (Phi) is 49.5. The molecule has 3 aromatic carbocycles. The van der Waals surface area contributed by atoms with Gasteiger partial charge in [-0.1, -0.05) is 243 Å². The minimum atomic E-state index is -0.789. The van der Waals surface area contributed by atoms with Gasteiger partial charge in [0.25, 0.3) is 0 Å². The lowest BCUT2D eigenvalue weighted by Gasteiger charge is -2.32. The molecule has 1 fully saturated rings. The summed E-state index contributed by atoms with van der Waals surface area (Å²) < 4.78 is 12.8. The Hall–Kier alpha value is -3.37. The number of carbonyl (C=O) groups is 2. The van der Waals surface area contributed by atoms with Crippen molar-refractivity contribution in [3.05, 3.63) is 105 Å². The molecule has 9 heteroatoms. The van der Waals surface area contributed by atoms with Crippen LogP contribution in [0.1, 0.15) is 305 Å². The minimum absolute atomic E-state index is 0.0624. The molecule has 0 spiro atoms. The molecule has 3 aromatic rings. The second kappa shape index (κ2) is 48.9. The summed E-state index contributed by atoms with van der Waals surface area (Å²) in [6.07, 6.45) is 23.1. The van der Waals surface area contributed by atoms with E-state index in [1.165, 1.54) is 107 Å². The zero-order valence-electron chi connectivity index (χ0n) is 56.2. The molecule has 1 aliphatic rings. The monoisotopic (exact) mass is 1210 g/mol. The summed E-state index contributed by atoms with van der Waals surface area (Å²) >= 11 is 8.37. The van der Waals surface area contributed by atoms with Crippen molar-refractivity contribution < 1.29 is 19.1 Å². The van der Waals surface area contributed by atoms with Gasteiger partial charge < -0.3 is 25.8 Å². The van der Waals surface area contributed by atoms with E-state index in [-0.39, 0.29) is 11.7 Å². The third kappa shape index (κ3) is 31.9. The smallest absolute Gasteiger partial charge is 0.328 e. The lowest BCUT2D eigenvalue weighted by atomic mass is 9.87. The van der Waals surface area contributed by atoms with Crippen molar-refractivity contribution in [1.82, 2.24) is 0 Å². The minimum Gasteiger partial charge on any atom is -0.493 e. The topological polar surface area (TPSA) is 108 Å².